The maximum Gasteiger partial charge on any atom is 0.410 e. The second kappa shape index (κ2) is 8.52. The highest BCUT2D eigenvalue weighted by atomic mass is 19.1. The van der Waals surface area contributed by atoms with Crippen molar-refractivity contribution < 1.29 is 18.7 Å². The second-order valence-corrected chi connectivity index (χ2v) is 7.74. The van der Waals surface area contributed by atoms with E-state index in [1.54, 1.807) is 21.9 Å². The summed E-state index contributed by atoms with van der Waals surface area (Å²) in [5.74, 6) is -0.481. The third kappa shape index (κ3) is 5.71. The SMILES string of the molecule is CCN(Cc1ccc(F)cc1)C(=O)[C@H]1CCCN(C(=O)OC(C)(C)C)C1. The Morgan fingerprint density at radius 2 is 1.92 bits per heavy atom. The predicted octanol–water partition coefficient (Wildman–Crippen LogP) is 3.82. The summed E-state index contributed by atoms with van der Waals surface area (Å²) in [7, 11) is 0. The number of ether oxygens (including phenoxy) is 1. The molecule has 0 bridgehead atoms. The third-order valence-electron chi connectivity index (χ3n) is 4.40. The lowest BCUT2D eigenvalue weighted by atomic mass is 9.96. The maximum absolute atomic E-state index is 13.1. The fourth-order valence-electron chi connectivity index (χ4n) is 3.08. The van der Waals surface area contributed by atoms with Gasteiger partial charge in [0.2, 0.25) is 5.91 Å². The number of piperidine rings is 1. The molecule has 1 fully saturated rings. The van der Waals surface area contributed by atoms with Crippen molar-refractivity contribution in [2.45, 2.75) is 52.7 Å². The Balaban J connectivity index is 1.99. The van der Waals surface area contributed by atoms with Crippen molar-refractivity contribution in [2.75, 3.05) is 19.6 Å². The smallest absolute Gasteiger partial charge is 0.410 e. The number of rotatable bonds is 4. The zero-order chi connectivity index (χ0) is 19.3. The summed E-state index contributed by atoms with van der Waals surface area (Å²) in [5, 5.41) is 0. The van der Waals surface area contributed by atoms with Crippen LogP contribution in [-0.4, -0.2) is 47.0 Å². The van der Waals surface area contributed by atoms with Crippen molar-refractivity contribution in [1.29, 1.82) is 0 Å². The monoisotopic (exact) mass is 364 g/mol. The number of likely N-dealkylation sites (tertiary alicyclic amines) is 1. The highest BCUT2D eigenvalue weighted by molar-refractivity contribution is 5.80. The van der Waals surface area contributed by atoms with E-state index in [0.29, 0.717) is 26.2 Å². The molecule has 1 heterocycles. The van der Waals surface area contributed by atoms with Gasteiger partial charge < -0.3 is 14.5 Å². The largest absolute Gasteiger partial charge is 0.444 e. The van der Waals surface area contributed by atoms with Crippen molar-refractivity contribution >= 4 is 12.0 Å². The average Bonchev–Trinajstić information content (AvgIpc) is 2.59. The van der Waals surface area contributed by atoms with Crippen molar-refractivity contribution in [3.8, 4) is 0 Å². The number of hydrogen-bond acceptors (Lipinski definition) is 3. The molecule has 0 radical (unpaired) electrons. The van der Waals surface area contributed by atoms with Crippen molar-refractivity contribution in [1.82, 2.24) is 9.80 Å². The van der Waals surface area contributed by atoms with E-state index in [1.807, 2.05) is 27.7 Å². The minimum absolute atomic E-state index is 0.0325. The van der Waals surface area contributed by atoms with Crippen molar-refractivity contribution in [3.05, 3.63) is 35.6 Å². The molecule has 1 atom stereocenters. The second-order valence-electron chi connectivity index (χ2n) is 7.74. The molecule has 2 amide bonds. The predicted molar refractivity (Wildman–Crippen MR) is 98.0 cm³/mol. The van der Waals surface area contributed by atoms with Gasteiger partial charge in [0.05, 0.1) is 5.92 Å². The lowest BCUT2D eigenvalue weighted by Crippen LogP contribution is -2.47. The topological polar surface area (TPSA) is 49.9 Å². The van der Waals surface area contributed by atoms with Crippen LogP contribution in [-0.2, 0) is 16.1 Å². The molecule has 1 aromatic carbocycles. The summed E-state index contributed by atoms with van der Waals surface area (Å²) < 4.78 is 18.5. The van der Waals surface area contributed by atoms with Gasteiger partial charge >= 0.3 is 6.09 Å². The van der Waals surface area contributed by atoms with Crippen LogP contribution in [0, 0.1) is 11.7 Å². The molecule has 1 saturated heterocycles. The van der Waals surface area contributed by atoms with E-state index >= 15 is 0 Å². The van der Waals surface area contributed by atoms with Gasteiger partial charge in [-0.1, -0.05) is 12.1 Å². The fourth-order valence-corrected chi connectivity index (χ4v) is 3.08. The number of hydrogen-bond donors (Lipinski definition) is 0. The molecule has 0 spiro atoms. The molecule has 0 aromatic heterocycles. The zero-order valence-corrected chi connectivity index (χ0v) is 16.1. The standard InChI is InChI=1S/C20H29FN2O3/c1-5-22(13-15-8-10-17(21)11-9-15)18(24)16-7-6-12-23(14-16)19(25)26-20(2,3)4/h8-11,16H,5-7,12-14H2,1-4H3/t16-/m0/s1. The first kappa shape index (κ1) is 20.2. The maximum atomic E-state index is 13.1. The van der Waals surface area contributed by atoms with E-state index in [4.69, 9.17) is 4.74 Å². The zero-order valence-electron chi connectivity index (χ0n) is 16.1. The summed E-state index contributed by atoms with van der Waals surface area (Å²) in [6.45, 7) is 9.43. The van der Waals surface area contributed by atoms with Gasteiger partial charge in [0.15, 0.2) is 0 Å². The summed E-state index contributed by atoms with van der Waals surface area (Å²) >= 11 is 0. The van der Waals surface area contributed by atoms with Crippen LogP contribution in [0.15, 0.2) is 24.3 Å². The lowest BCUT2D eigenvalue weighted by molar-refractivity contribution is -0.137. The van der Waals surface area contributed by atoms with Gasteiger partial charge in [0.25, 0.3) is 0 Å². The minimum Gasteiger partial charge on any atom is -0.444 e. The van der Waals surface area contributed by atoms with Crippen LogP contribution < -0.4 is 0 Å². The molecule has 144 valence electrons. The van der Waals surface area contributed by atoms with Gasteiger partial charge in [0.1, 0.15) is 11.4 Å². The number of nitrogens with zero attached hydrogens (tertiary/aromatic N) is 2. The van der Waals surface area contributed by atoms with Gasteiger partial charge in [-0.15, -0.1) is 0 Å². The summed E-state index contributed by atoms with van der Waals surface area (Å²) in [4.78, 5) is 28.6. The molecule has 0 N–H and O–H groups in total. The third-order valence-corrected chi connectivity index (χ3v) is 4.40. The molecule has 0 aliphatic carbocycles. The Hall–Kier alpha value is -2.11. The van der Waals surface area contributed by atoms with E-state index in [1.165, 1.54) is 12.1 Å². The van der Waals surface area contributed by atoms with Gasteiger partial charge in [-0.3, -0.25) is 4.79 Å². The van der Waals surface area contributed by atoms with Gasteiger partial charge in [-0.2, -0.15) is 0 Å². The number of halogens is 1. The Morgan fingerprint density at radius 1 is 1.27 bits per heavy atom. The minimum atomic E-state index is -0.550. The highest BCUT2D eigenvalue weighted by Gasteiger charge is 2.32. The first-order valence-electron chi connectivity index (χ1n) is 9.20. The molecule has 1 aromatic rings. The summed E-state index contributed by atoms with van der Waals surface area (Å²) in [5.41, 5.74) is 0.341. The molecular formula is C20H29FN2O3. The molecular weight excluding hydrogens is 335 g/mol. The Morgan fingerprint density at radius 3 is 2.50 bits per heavy atom. The average molecular weight is 364 g/mol. The fraction of sp³-hybridized carbons (Fsp3) is 0.600. The molecule has 26 heavy (non-hydrogen) atoms. The molecule has 1 aliphatic rings. The number of carbonyl (C=O) groups is 2. The van der Waals surface area contributed by atoms with E-state index in [9.17, 15) is 14.0 Å². The highest BCUT2D eigenvalue weighted by Crippen LogP contribution is 2.22. The molecule has 0 saturated carbocycles. The summed E-state index contributed by atoms with van der Waals surface area (Å²) in [6.07, 6.45) is 1.18. The normalized spacial score (nSPS) is 17.7. The van der Waals surface area contributed by atoms with Crippen LogP contribution in [0.25, 0.3) is 0 Å². The van der Waals surface area contributed by atoms with Crippen LogP contribution in [0.4, 0.5) is 9.18 Å². The first-order valence-corrected chi connectivity index (χ1v) is 9.20. The molecule has 0 unspecified atom stereocenters. The van der Waals surface area contributed by atoms with E-state index in [0.717, 1.165) is 18.4 Å². The summed E-state index contributed by atoms with van der Waals surface area (Å²) in [6, 6.07) is 6.19. The quantitative estimate of drug-likeness (QED) is 0.816. The van der Waals surface area contributed by atoms with E-state index < -0.39 is 5.60 Å². The molecule has 2 rings (SSSR count). The van der Waals surface area contributed by atoms with Crippen LogP contribution >= 0.6 is 0 Å². The number of carbonyl (C=O) groups excluding carboxylic acids is 2. The van der Waals surface area contributed by atoms with Gasteiger partial charge in [-0.05, 0) is 58.2 Å². The van der Waals surface area contributed by atoms with Gasteiger partial charge in [0, 0.05) is 26.2 Å². The van der Waals surface area contributed by atoms with Crippen molar-refractivity contribution in [3.63, 3.8) is 0 Å². The van der Waals surface area contributed by atoms with Crippen molar-refractivity contribution in [2.24, 2.45) is 5.92 Å². The number of amides is 2. The van der Waals surface area contributed by atoms with E-state index in [-0.39, 0.29) is 23.7 Å². The Labute approximate surface area is 155 Å². The molecule has 6 heteroatoms. The Bertz CT molecular complexity index is 625. The lowest BCUT2D eigenvalue weighted by Gasteiger charge is -2.35. The van der Waals surface area contributed by atoms with Crippen LogP contribution in [0.2, 0.25) is 0 Å². The van der Waals surface area contributed by atoms with Crippen LogP contribution in [0.1, 0.15) is 46.1 Å². The van der Waals surface area contributed by atoms with Gasteiger partial charge in [-0.25, -0.2) is 9.18 Å². The Kier molecular flexibility index (Phi) is 6.62. The first-order chi connectivity index (χ1) is 12.2. The molecule has 5 nitrogen and oxygen atoms in total. The van der Waals surface area contributed by atoms with Crippen LogP contribution in [0.3, 0.4) is 0 Å². The van der Waals surface area contributed by atoms with E-state index in [2.05, 4.69) is 0 Å². The molecule has 1 aliphatic heterocycles. The van der Waals surface area contributed by atoms with Crippen LogP contribution in [0.5, 0.6) is 0 Å². The number of benzene rings is 1.